The molecule has 0 aromatic heterocycles. The Bertz CT molecular complexity index is 743. The minimum Gasteiger partial charge on any atom is -0.493 e. The van der Waals surface area contributed by atoms with Gasteiger partial charge in [0.2, 0.25) is 0 Å². The second-order valence-corrected chi connectivity index (χ2v) is 7.80. The number of halogens is 1. The van der Waals surface area contributed by atoms with Gasteiger partial charge in [0.05, 0.1) is 23.8 Å². The first-order chi connectivity index (χ1) is 12.8. The second-order valence-electron chi connectivity index (χ2n) is 7.40. The molecule has 0 saturated heterocycles. The minimum atomic E-state index is -1.20. The molecule has 0 unspecified atom stereocenters. The van der Waals surface area contributed by atoms with Crippen molar-refractivity contribution in [1.29, 1.82) is 0 Å². The number of nitrogens with one attached hydrogen (secondary N) is 2. The molecule has 0 aliphatic rings. The standard InChI is InChI=1S/C19H27ClN2O6/c1-10(2)27-15-13(20)8-12(9-14(15)26-7)17(24)28-11(3)16(23)21-18(25)22-19(4,5)6/h8-11H,1-7H3,(H2,21,22,23,25)/t11-/m0/s1. The summed E-state index contributed by atoms with van der Waals surface area (Å²) in [5, 5.41) is 4.86. The molecule has 0 fully saturated rings. The predicted octanol–water partition coefficient (Wildman–Crippen LogP) is 3.31. The van der Waals surface area contributed by atoms with E-state index in [1.54, 1.807) is 20.8 Å². The third-order valence-electron chi connectivity index (χ3n) is 3.20. The smallest absolute Gasteiger partial charge is 0.339 e. The molecule has 1 atom stereocenters. The molecule has 3 amide bonds. The normalized spacial score (nSPS) is 12.2. The SMILES string of the molecule is COc1cc(C(=O)O[C@@H](C)C(=O)NC(=O)NC(C)(C)C)cc(Cl)c1OC(C)C. The van der Waals surface area contributed by atoms with Crippen molar-refractivity contribution in [2.24, 2.45) is 0 Å². The summed E-state index contributed by atoms with van der Waals surface area (Å²) in [6.07, 6.45) is -1.35. The zero-order chi connectivity index (χ0) is 21.6. The topological polar surface area (TPSA) is 103 Å². The third kappa shape index (κ3) is 7.26. The van der Waals surface area contributed by atoms with E-state index in [0.717, 1.165) is 0 Å². The quantitative estimate of drug-likeness (QED) is 0.692. The summed E-state index contributed by atoms with van der Waals surface area (Å²) in [7, 11) is 1.41. The van der Waals surface area contributed by atoms with Gasteiger partial charge in [-0.3, -0.25) is 10.1 Å². The number of imide groups is 1. The maximum absolute atomic E-state index is 12.4. The molecule has 0 heterocycles. The van der Waals surface area contributed by atoms with Crippen LogP contribution < -0.4 is 20.1 Å². The van der Waals surface area contributed by atoms with Crippen LogP contribution in [0.2, 0.25) is 5.02 Å². The highest BCUT2D eigenvalue weighted by Gasteiger charge is 2.24. The molecule has 8 nitrogen and oxygen atoms in total. The second kappa shape index (κ2) is 9.64. The number of amides is 3. The van der Waals surface area contributed by atoms with E-state index in [2.05, 4.69) is 10.6 Å². The van der Waals surface area contributed by atoms with Gasteiger partial charge >= 0.3 is 12.0 Å². The van der Waals surface area contributed by atoms with Gasteiger partial charge in [-0.2, -0.15) is 0 Å². The van der Waals surface area contributed by atoms with E-state index >= 15 is 0 Å². The van der Waals surface area contributed by atoms with Crippen LogP contribution in [0.15, 0.2) is 12.1 Å². The minimum absolute atomic E-state index is 0.0803. The molecule has 1 aromatic rings. The average Bonchev–Trinajstić information content (AvgIpc) is 2.53. The first-order valence-corrected chi connectivity index (χ1v) is 9.10. The first kappa shape index (κ1) is 23.6. The maximum Gasteiger partial charge on any atom is 0.339 e. The highest BCUT2D eigenvalue weighted by molar-refractivity contribution is 6.32. The number of esters is 1. The van der Waals surface area contributed by atoms with E-state index in [1.165, 1.54) is 26.2 Å². The van der Waals surface area contributed by atoms with Gasteiger partial charge < -0.3 is 19.5 Å². The Balaban J connectivity index is 2.85. The van der Waals surface area contributed by atoms with Crippen LogP contribution in [-0.2, 0) is 9.53 Å². The molecule has 0 aliphatic heterocycles. The van der Waals surface area contributed by atoms with Gasteiger partial charge in [0.15, 0.2) is 17.6 Å². The number of carbonyl (C=O) groups excluding carboxylic acids is 3. The number of methoxy groups -OCH3 is 1. The molecule has 28 heavy (non-hydrogen) atoms. The molecule has 2 N–H and O–H groups in total. The average molecular weight is 415 g/mol. The van der Waals surface area contributed by atoms with E-state index in [1.807, 2.05) is 13.8 Å². The van der Waals surface area contributed by atoms with Gasteiger partial charge in [-0.25, -0.2) is 9.59 Å². The van der Waals surface area contributed by atoms with Crippen LogP contribution in [0.5, 0.6) is 11.5 Å². The molecule has 0 bridgehead atoms. The lowest BCUT2D eigenvalue weighted by Gasteiger charge is -2.21. The lowest BCUT2D eigenvalue weighted by Crippen LogP contribution is -2.50. The number of urea groups is 1. The Morgan fingerprint density at radius 3 is 2.21 bits per heavy atom. The number of ether oxygens (including phenoxy) is 3. The van der Waals surface area contributed by atoms with E-state index in [0.29, 0.717) is 5.75 Å². The molecule has 0 radical (unpaired) electrons. The molecule has 0 saturated carbocycles. The van der Waals surface area contributed by atoms with Crippen molar-refractivity contribution in [3.05, 3.63) is 22.7 Å². The van der Waals surface area contributed by atoms with Gasteiger partial charge in [-0.15, -0.1) is 0 Å². The molecule has 156 valence electrons. The van der Waals surface area contributed by atoms with Crippen molar-refractivity contribution in [2.75, 3.05) is 7.11 Å². The third-order valence-corrected chi connectivity index (χ3v) is 3.48. The van der Waals surface area contributed by atoms with Crippen LogP contribution in [-0.4, -0.2) is 42.8 Å². The maximum atomic E-state index is 12.4. The summed E-state index contributed by atoms with van der Waals surface area (Å²) in [5.41, 5.74) is -0.436. The van der Waals surface area contributed by atoms with Crippen molar-refractivity contribution in [3.8, 4) is 11.5 Å². The fourth-order valence-corrected chi connectivity index (χ4v) is 2.31. The lowest BCUT2D eigenvalue weighted by atomic mass is 10.1. The largest absolute Gasteiger partial charge is 0.493 e. The van der Waals surface area contributed by atoms with Crippen LogP contribution in [0.1, 0.15) is 51.9 Å². The van der Waals surface area contributed by atoms with E-state index in [9.17, 15) is 14.4 Å². The Labute approximate surface area is 169 Å². The van der Waals surface area contributed by atoms with Crippen LogP contribution in [0.4, 0.5) is 4.79 Å². The van der Waals surface area contributed by atoms with Crippen LogP contribution in [0.25, 0.3) is 0 Å². The molecule has 1 rings (SSSR count). The van der Waals surface area contributed by atoms with Crippen molar-refractivity contribution in [2.45, 2.75) is 59.3 Å². The van der Waals surface area contributed by atoms with Crippen molar-refractivity contribution in [1.82, 2.24) is 10.6 Å². The van der Waals surface area contributed by atoms with Crippen molar-refractivity contribution >= 4 is 29.5 Å². The molecule has 0 aliphatic carbocycles. The monoisotopic (exact) mass is 414 g/mol. The fourth-order valence-electron chi connectivity index (χ4n) is 2.06. The van der Waals surface area contributed by atoms with Gasteiger partial charge in [-0.05, 0) is 53.7 Å². The Morgan fingerprint density at radius 2 is 1.71 bits per heavy atom. The molecular weight excluding hydrogens is 388 g/mol. The van der Waals surface area contributed by atoms with Gasteiger partial charge in [-0.1, -0.05) is 11.6 Å². The van der Waals surface area contributed by atoms with Crippen LogP contribution >= 0.6 is 11.6 Å². The summed E-state index contributed by atoms with van der Waals surface area (Å²) in [6, 6.07) is 2.09. The zero-order valence-electron chi connectivity index (χ0n) is 17.1. The number of carbonyl (C=O) groups is 3. The van der Waals surface area contributed by atoms with E-state index in [-0.39, 0.29) is 22.4 Å². The molecule has 9 heteroatoms. The number of hydrogen-bond acceptors (Lipinski definition) is 6. The van der Waals surface area contributed by atoms with Gasteiger partial charge in [0.1, 0.15) is 0 Å². The summed E-state index contributed by atoms with van der Waals surface area (Å²) in [5.74, 6) is -0.988. The van der Waals surface area contributed by atoms with Crippen LogP contribution in [0, 0.1) is 0 Å². The summed E-state index contributed by atoms with van der Waals surface area (Å²) in [6.45, 7) is 10.3. The fraction of sp³-hybridized carbons (Fsp3) is 0.526. The van der Waals surface area contributed by atoms with Crippen LogP contribution in [0.3, 0.4) is 0 Å². The van der Waals surface area contributed by atoms with Crippen molar-refractivity contribution in [3.63, 3.8) is 0 Å². The van der Waals surface area contributed by atoms with Gasteiger partial charge in [0.25, 0.3) is 5.91 Å². The Morgan fingerprint density at radius 1 is 1.11 bits per heavy atom. The van der Waals surface area contributed by atoms with Crippen molar-refractivity contribution < 1.29 is 28.6 Å². The van der Waals surface area contributed by atoms with Gasteiger partial charge in [0, 0.05) is 5.54 Å². The summed E-state index contributed by atoms with van der Waals surface area (Å²) in [4.78, 5) is 36.2. The molecular formula is C19H27ClN2O6. The van der Waals surface area contributed by atoms with E-state index in [4.69, 9.17) is 25.8 Å². The highest BCUT2D eigenvalue weighted by Crippen LogP contribution is 2.37. The first-order valence-electron chi connectivity index (χ1n) is 8.72. The predicted molar refractivity (Wildman–Crippen MR) is 105 cm³/mol. The molecule has 0 spiro atoms. The van der Waals surface area contributed by atoms with E-state index < -0.39 is 29.6 Å². The Kier molecular flexibility index (Phi) is 8.11. The highest BCUT2D eigenvalue weighted by atomic mass is 35.5. The molecule has 1 aromatic carbocycles. The Hall–Kier alpha value is -2.48. The summed E-state index contributed by atoms with van der Waals surface area (Å²) >= 11 is 6.19. The number of rotatable bonds is 6. The summed E-state index contributed by atoms with van der Waals surface area (Å²) < 4.78 is 15.9. The number of benzene rings is 1. The zero-order valence-corrected chi connectivity index (χ0v) is 17.9. The number of hydrogen-bond donors (Lipinski definition) is 2. The lowest BCUT2D eigenvalue weighted by molar-refractivity contribution is -0.127.